The van der Waals surface area contributed by atoms with E-state index in [0.29, 0.717) is 41.2 Å². The maximum absolute atomic E-state index is 14.2. The summed E-state index contributed by atoms with van der Waals surface area (Å²) in [5.74, 6) is 1.01. The highest BCUT2D eigenvalue weighted by Crippen LogP contribution is 2.50. The van der Waals surface area contributed by atoms with Gasteiger partial charge in [0.05, 0.1) is 31.6 Å². The van der Waals surface area contributed by atoms with Gasteiger partial charge in [-0.15, -0.1) is 0 Å². The second-order valence-electron chi connectivity index (χ2n) is 10.0. The number of ether oxygens (including phenoxy) is 2. The average Bonchev–Trinajstić information content (AvgIpc) is 3.01. The molecule has 6 heteroatoms. The third kappa shape index (κ3) is 4.13. The Kier molecular flexibility index (Phi) is 6.04. The molecule has 5 rings (SSSR count). The van der Waals surface area contributed by atoms with Gasteiger partial charge in [-0.3, -0.25) is 14.5 Å². The van der Waals surface area contributed by atoms with Crippen LogP contribution in [0.25, 0.3) is 0 Å². The van der Waals surface area contributed by atoms with Crippen LogP contribution in [0.4, 0.5) is 11.4 Å². The third-order valence-electron chi connectivity index (χ3n) is 6.88. The molecule has 0 spiro atoms. The van der Waals surface area contributed by atoms with E-state index in [9.17, 15) is 9.59 Å². The maximum atomic E-state index is 14.2. The number of nitrogens with one attached hydrogen (secondary N) is 1. The summed E-state index contributed by atoms with van der Waals surface area (Å²) >= 11 is 0. The van der Waals surface area contributed by atoms with Gasteiger partial charge >= 0.3 is 0 Å². The van der Waals surface area contributed by atoms with E-state index in [1.807, 2.05) is 54.6 Å². The summed E-state index contributed by atoms with van der Waals surface area (Å²) in [7, 11) is 3.19. The van der Waals surface area contributed by atoms with Crippen molar-refractivity contribution in [3.8, 4) is 11.5 Å². The SMILES string of the molecule is COc1ccc([C@H]2C3=C(CC(C)(C)CC3=O)Nc3ccccc3N2C(=O)c2ccccc2)c(OC)c1. The van der Waals surface area contributed by atoms with Crippen LogP contribution in [0.5, 0.6) is 11.5 Å². The van der Waals surface area contributed by atoms with Crippen LogP contribution >= 0.6 is 0 Å². The molecule has 1 aliphatic carbocycles. The second kappa shape index (κ2) is 9.19. The van der Waals surface area contributed by atoms with E-state index in [1.165, 1.54) is 0 Å². The molecule has 1 heterocycles. The largest absolute Gasteiger partial charge is 0.497 e. The number of allylic oxidation sites excluding steroid dienone is 1. The number of benzene rings is 3. The molecule has 0 bridgehead atoms. The molecule has 2 aliphatic rings. The summed E-state index contributed by atoms with van der Waals surface area (Å²) in [6.07, 6.45) is 1.08. The highest BCUT2D eigenvalue weighted by Gasteiger charge is 2.44. The molecular formula is C30H30N2O4. The highest BCUT2D eigenvalue weighted by atomic mass is 16.5. The Balaban J connectivity index is 1.82. The number of fused-ring (bicyclic) bond motifs is 1. The zero-order valence-corrected chi connectivity index (χ0v) is 21.0. The van der Waals surface area contributed by atoms with Crippen LogP contribution in [-0.2, 0) is 4.79 Å². The molecule has 1 amide bonds. The van der Waals surface area contributed by atoms with Crippen molar-refractivity contribution in [1.29, 1.82) is 0 Å². The first-order valence-corrected chi connectivity index (χ1v) is 12.1. The standard InChI is InChI=1S/C30H30N2O4/c1-30(2)17-23-27(25(33)18-30)28(21-15-14-20(35-3)16-26(21)36-4)32(24-13-9-8-12-22(24)31-23)29(34)19-10-6-5-7-11-19/h5-16,28,31H,17-18H2,1-4H3/t28-/m0/s1. The number of anilines is 2. The number of hydrogen-bond acceptors (Lipinski definition) is 5. The number of rotatable bonds is 4. The zero-order valence-electron chi connectivity index (χ0n) is 21.0. The number of para-hydroxylation sites is 2. The molecule has 3 aromatic carbocycles. The topological polar surface area (TPSA) is 67.9 Å². The number of Topliss-reactive ketones (excluding diaryl/α,β-unsaturated/α-hetero) is 1. The van der Waals surface area contributed by atoms with Crippen LogP contribution in [-0.4, -0.2) is 25.9 Å². The van der Waals surface area contributed by atoms with E-state index in [2.05, 4.69) is 19.2 Å². The number of methoxy groups -OCH3 is 2. The summed E-state index contributed by atoms with van der Waals surface area (Å²) < 4.78 is 11.2. The van der Waals surface area contributed by atoms with Gasteiger partial charge in [0.1, 0.15) is 11.5 Å². The molecule has 3 aromatic rings. The normalized spacial score (nSPS) is 18.5. The predicted molar refractivity (Wildman–Crippen MR) is 141 cm³/mol. The lowest BCUT2D eigenvalue weighted by Crippen LogP contribution is -2.39. The fourth-order valence-corrected chi connectivity index (χ4v) is 5.27. The molecule has 0 radical (unpaired) electrons. The lowest BCUT2D eigenvalue weighted by molar-refractivity contribution is -0.118. The van der Waals surface area contributed by atoms with E-state index in [4.69, 9.17) is 9.47 Å². The van der Waals surface area contributed by atoms with Crippen molar-refractivity contribution in [1.82, 2.24) is 0 Å². The van der Waals surface area contributed by atoms with Crippen LogP contribution in [0, 0.1) is 5.41 Å². The fourth-order valence-electron chi connectivity index (χ4n) is 5.27. The van der Waals surface area contributed by atoms with Crippen LogP contribution in [0.1, 0.15) is 48.7 Å². The maximum Gasteiger partial charge on any atom is 0.259 e. The number of carbonyl (C=O) groups is 2. The van der Waals surface area contributed by atoms with Gasteiger partial charge in [0.2, 0.25) is 0 Å². The number of carbonyl (C=O) groups excluding carboxylic acids is 2. The van der Waals surface area contributed by atoms with Gasteiger partial charge in [-0.05, 0) is 48.2 Å². The number of nitrogens with zero attached hydrogens (tertiary/aromatic N) is 1. The Bertz CT molecular complexity index is 1360. The van der Waals surface area contributed by atoms with Gasteiger partial charge in [-0.2, -0.15) is 0 Å². The monoisotopic (exact) mass is 482 g/mol. The third-order valence-corrected chi connectivity index (χ3v) is 6.88. The minimum atomic E-state index is -0.687. The molecule has 1 N–H and O–H groups in total. The molecule has 0 saturated heterocycles. The van der Waals surface area contributed by atoms with E-state index >= 15 is 0 Å². The average molecular weight is 483 g/mol. The molecule has 0 unspecified atom stereocenters. The zero-order chi connectivity index (χ0) is 25.4. The van der Waals surface area contributed by atoms with Crippen molar-refractivity contribution in [2.24, 2.45) is 5.41 Å². The van der Waals surface area contributed by atoms with Gasteiger partial charge in [0, 0.05) is 34.9 Å². The Hall–Kier alpha value is -4.06. The van der Waals surface area contributed by atoms with Crippen LogP contribution in [0.3, 0.4) is 0 Å². The number of ketones is 1. The lowest BCUT2D eigenvalue weighted by Gasteiger charge is -2.37. The van der Waals surface area contributed by atoms with Gasteiger partial charge in [-0.1, -0.05) is 44.2 Å². The summed E-state index contributed by atoms with van der Waals surface area (Å²) in [4.78, 5) is 29.8. The first kappa shape index (κ1) is 23.7. The Morgan fingerprint density at radius 2 is 1.67 bits per heavy atom. The van der Waals surface area contributed by atoms with E-state index in [1.54, 1.807) is 37.3 Å². The number of amides is 1. The molecule has 36 heavy (non-hydrogen) atoms. The van der Waals surface area contributed by atoms with Crippen molar-refractivity contribution in [3.05, 3.63) is 95.2 Å². The van der Waals surface area contributed by atoms with Crippen molar-refractivity contribution in [2.45, 2.75) is 32.7 Å². The Morgan fingerprint density at radius 3 is 2.39 bits per heavy atom. The molecule has 0 aromatic heterocycles. The smallest absolute Gasteiger partial charge is 0.259 e. The molecule has 0 saturated carbocycles. The fraction of sp³-hybridized carbons (Fsp3) is 0.267. The van der Waals surface area contributed by atoms with Crippen molar-refractivity contribution < 1.29 is 19.1 Å². The summed E-state index contributed by atoms with van der Waals surface area (Å²) in [6, 6.07) is 21.7. The lowest BCUT2D eigenvalue weighted by atomic mass is 9.73. The van der Waals surface area contributed by atoms with Crippen molar-refractivity contribution in [3.63, 3.8) is 0 Å². The first-order valence-electron chi connectivity index (χ1n) is 12.1. The Morgan fingerprint density at radius 1 is 0.944 bits per heavy atom. The molecule has 1 atom stereocenters. The first-order chi connectivity index (χ1) is 17.3. The van der Waals surface area contributed by atoms with Crippen LogP contribution in [0.15, 0.2) is 84.1 Å². The van der Waals surface area contributed by atoms with Crippen molar-refractivity contribution in [2.75, 3.05) is 24.4 Å². The summed E-state index contributed by atoms with van der Waals surface area (Å²) in [6.45, 7) is 4.20. The Labute approximate surface area is 211 Å². The summed E-state index contributed by atoms with van der Waals surface area (Å²) in [5.41, 5.74) is 3.99. The van der Waals surface area contributed by atoms with E-state index in [-0.39, 0.29) is 17.1 Å². The minimum Gasteiger partial charge on any atom is -0.497 e. The van der Waals surface area contributed by atoms with Crippen LogP contribution in [0.2, 0.25) is 0 Å². The van der Waals surface area contributed by atoms with E-state index < -0.39 is 6.04 Å². The molecule has 184 valence electrons. The molecular weight excluding hydrogens is 452 g/mol. The van der Waals surface area contributed by atoms with E-state index in [0.717, 1.165) is 16.9 Å². The van der Waals surface area contributed by atoms with Gasteiger partial charge in [-0.25, -0.2) is 0 Å². The second-order valence-corrected chi connectivity index (χ2v) is 10.0. The molecule has 1 aliphatic heterocycles. The predicted octanol–water partition coefficient (Wildman–Crippen LogP) is 6.16. The number of hydrogen-bond donors (Lipinski definition) is 1. The van der Waals surface area contributed by atoms with Gasteiger partial charge in [0.15, 0.2) is 5.78 Å². The molecule has 0 fully saturated rings. The van der Waals surface area contributed by atoms with Crippen LogP contribution < -0.4 is 19.7 Å². The highest BCUT2D eigenvalue weighted by molar-refractivity contribution is 6.12. The quantitative estimate of drug-likeness (QED) is 0.482. The molecule has 6 nitrogen and oxygen atoms in total. The van der Waals surface area contributed by atoms with Gasteiger partial charge < -0.3 is 14.8 Å². The minimum absolute atomic E-state index is 0.0234. The van der Waals surface area contributed by atoms with Gasteiger partial charge in [0.25, 0.3) is 5.91 Å². The van der Waals surface area contributed by atoms with Crippen molar-refractivity contribution >= 4 is 23.1 Å². The summed E-state index contributed by atoms with van der Waals surface area (Å²) in [5, 5.41) is 3.54.